The van der Waals surface area contributed by atoms with E-state index in [2.05, 4.69) is 15.5 Å². The molecule has 1 aromatic heterocycles. The van der Waals surface area contributed by atoms with Crippen molar-refractivity contribution >= 4 is 11.6 Å². The minimum atomic E-state index is -0.269. The Bertz CT molecular complexity index is 1280. The first-order valence-electron chi connectivity index (χ1n) is 10.8. The van der Waals surface area contributed by atoms with Crippen LogP contribution in [0.2, 0.25) is 0 Å². The zero-order valence-corrected chi connectivity index (χ0v) is 19.2. The van der Waals surface area contributed by atoms with E-state index in [0.717, 1.165) is 6.42 Å². The van der Waals surface area contributed by atoms with Crippen molar-refractivity contribution in [3.05, 3.63) is 72.3 Å². The first-order valence-corrected chi connectivity index (χ1v) is 10.8. The average molecular weight is 460 g/mol. The molecule has 4 aromatic rings. The van der Waals surface area contributed by atoms with Crippen LogP contribution in [0.15, 0.2) is 71.3 Å². The zero-order valence-electron chi connectivity index (χ0n) is 19.2. The Balaban J connectivity index is 1.58. The van der Waals surface area contributed by atoms with Gasteiger partial charge in [0.05, 0.1) is 32.1 Å². The van der Waals surface area contributed by atoms with E-state index >= 15 is 0 Å². The van der Waals surface area contributed by atoms with E-state index < -0.39 is 0 Å². The number of hydrogen-bond donors (Lipinski definition) is 1. The third kappa shape index (κ3) is 5.01. The van der Waals surface area contributed by atoms with E-state index in [-0.39, 0.29) is 11.8 Å². The average Bonchev–Trinajstić information content (AvgIpc) is 3.37. The molecule has 3 aromatic carbocycles. The fourth-order valence-electron chi connectivity index (χ4n) is 3.35. The van der Waals surface area contributed by atoms with Crippen LogP contribution >= 0.6 is 0 Å². The van der Waals surface area contributed by atoms with Crippen molar-refractivity contribution in [2.24, 2.45) is 0 Å². The molecule has 174 valence electrons. The van der Waals surface area contributed by atoms with Crippen molar-refractivity contribution in [2.45, 2.75) is 13.3 Å². The van der Waals surface area contributed by atoms with Crippen molar-refractivity contribution in [1.29, 1.82) is 0 Å². The Morgan fingerprint density at radius 2 is 1.79 bits per heavy atom. The van der Waals surface area contributed by atoms with Gasteiger partial charge in [-0.15, -0.1) is 0 Å². The molecule has 4 rings (SSSR count). The van der Waals surface area contributed by atoms with Crippen LogP contribution < -0.4 is 19.5 Å². The van der Waals surface area contributed by atoms with E-state index in [1.165, 1.54) is 0 Å². The van der Waals surface area contributed by atoms with Gasteiger partial charge in [-0.2, -0.15) is 4.98 Å². The number of para-hydroxylation sites is 1. The second kappa shape index (κ2) is 10.5. The highest BCUT2D eigenvalue weighted by molar-refractivity contribution is 6.06. The summed E-state index contributed by atoms with van der Waals surface area (Å²) in [5.74, 6) is 2.21. The minimum Gasteiger partial charge on any atom is -0.494 e. The lowest BCUT2D eigenvalue weighted by atomic mass is 10.1. The number of methoxy groups -OCH3 is 2. The molecular weight excluding hydrogens is 434 g/mol. The molecule has 1 N–H and O–H groups in total. The number of carbonyl (C=O) groups is 1. The summed E-state index contributed by atoms with van der Waals surface area (Å²) in [4.78, 5) is 17.4. The number of rotatable bonds is 9. The summed E-state index contributed by atoms with van der Waals surface area (Å²) < 4.78 is 21.8. The molecular formula is C26H25N3O5. The summed E-state index contributed by atoms with van der Waals surface area (Å²) in [5.41, 5.74) is 2.35. The third-order valence-corrected chi connectivity index (χ3v) is 5.04. The molecule has 0 aliphatic rings. The molecule has 0 saturated heterocycles. The second-order valence-corrected chi connectivity index (χ2v) is 7.37. The molecule has 8 nitrogen and oxygen atoms in total. The van der Waals surface area contributed by atoms with Crippen molar-refractivity contribution in [1.82, 2.24) is 10.1 Å². The molecule has 0 saturated carbocycles. The lowest BCUT2D eigenvalue weighted by molar-refractivity contribution is 0.102. The number of hydrogen-bond acceptors (Lipinski definition) is 7. The highest BCUT2D eigenvalue weighted by atomic mass is 16.5. The fraction of sp³-hybridized carbons (Fsp3) is 0.192. The van der Waals surface area contributed by atoms with E-state index in [0.29, 0.717) is 52.1 Å². The molecule has 8 heteroatoms. The van der Waals surface area contributed by atoms with Gasteiger partial charge in [-0.3, -0.25) is 4.79 Å². The number of anilines is 1. The third-order valence-electron chi connectivity index (χ3n) is 5.04. The monoisotopic (exact) mass is 459 g/mol. The van der Waals surface area contributed by atoms with Gasteiger partial charge < -0.3 is 24.1 Å². The maximum atomic E-state index is 12.9. The van der Waals surface area contributed by atoms with E-state index in [1.807, 2.05) is 37.3 Å². The lowest BCUT2D eigenvalue weighted by Crippen LogP contribution is -2.12. The molecule has 1 heterocycles. The Labute approximate surface area is 197 Å². The Morgan fingerprint density at radius 1 is 0.971 bits per heavy atom. The van der Waals surface area contributed by atoms with Gasteiger partial charge in [0, 0.05) is 11.1 Å². The molecule has 0 atom stereocenters. The van der Waals surface area contributed by atoms with Gasteiger partial charge in [0.15, 0.2) is 11.5 Å². The Hall–Kier alpha value is -4.33. The quantitative estimate of drug-likeness (QED) is 0.355. The number of ether oxygens (including phenoxy) is 3. The molecule has 0 fully saturated rings. The highest BCUT2D eigenvalue weighted by Gasteiger charge is 2.17. The minimum absolute atomic E-state index is 0.269. The van der Waals surface area contributed by atoms with Gasteiger partial charge in [0.1, 0.15) is 5.75 Å². The number of amides is 1. The van der Waals surface area contributed by atoms with E-state index in [1.54, 1.807) is 50.6 Å². The van der Waals surface area contributed by atoms with Crippen molar-refractivity contribution < 1.29 is 23.5 Å². The molecule has 34 heavy (non-hydrogen) atoms. The number of nitrogens with one attached hydrogen (secondary N) is 1. The van der Waals surface area contributed by atoms with Gasteiger partial charge in [-0.05, 0) is 55.0 Å². The van der Waals surface area contributed by atoms with Gasteiger partial charge in [-0.25, -0.2) is 0 Å². The standard InChI is InChI=1S/C26H25N3O5/c1-4-14-33-19-9-7-8-18(15-19)25(30)27-21-11-6-5-10-20(21)26-28-24(29-34-26)17-12-13-22(31-2)23(16-17)32-3/h5-13,15-16H,4,14H2,1-3H3,(H,27,30). The number of benzene rings is 3. The SMILES string of the molecule is CCCOc1cccc(C(=O)Nc2ccccc2-c2nc(-c3ccc(OC)c(OC)c3)no2)c1. The van der Waals surface area contributed by atoms with Gasteiger partial charge in [0.2, 0.25) is 5.82 Å². The number of carbonyl (C=O) groups excluding carboxylic acids is 1. The molecule has 0 radical (unpaired) electrons. The van der Waals surface area contributed by atoms with Crippen LogP contribution in [-0.4, -0.2) is 36.9 Å². The van der Waals surface area contributed by atoms with Crippen LogP contribution in [0.5, 0.6) is 17.2 Å². The maximum absolute atomic E-state index is 12.9. The lowest BCUT2D eigenvalue weighted by Gasteiger charge is -2.10. The molecule has 0 bridgehead atoms. The maximum Gasteiger partial charge on any atom is 0.260 e. The largest absolute Gasteiger partial charge is 0.494 e. The van der Waals surface area contributed by atoms with Crippen molar-refractivity contribution in [3.63, 3.8) is 0 Å². The van der Waals surface area contributed by atoms with Crippen LogP contribution in [0.25, 0.3) is 22.8 Å². The van der Waals surface area contributed by atoms with Crippen LogP contribution in [0.1, 0.15) is 23.7 Å². The number of nitrogens with zero attached hydrogens (tertiary/aromatic N) is 2. The van der Waals surface area contributed by atoms with Crippen LogP contribution in [0.3, 0.4) is 0 Å². The van der Waals surface area contributed by atoms with Gasteiger partial charge in [0.25, 0.3) is 11.8 Å². The van der Waals surface area contributed by atoms with Crippen LogP contribution in [-0.2, 0) is 0 Å². The van der Waals surface area contributed by atoms with Crippen molar-refractivity contribution in [3.8, 4) is 40.1 Å². The van der Waals surface area contributed by atoms with E-state index in [9.17, 15) is 4.79 Å². The summed E-state index contributed by atoms with van der Waals surface area (Å²) in [6.45, 7) is 2.62. The first-order chi connectivity index (χ1) is 16.6. The van der Waals surface area contributed by atoms with Crippen molar-refractivity contribution in [2.75, 3.05) is 26.1 Å². The summed E-state index contributed by atoms with van der Waals surface area (Å²) in [5, 5.41) is 7.03. The highest BCUT2D eigenvalue weighted by Crippen LogP contribution is 2.33. The summed E-state index contributed by atoms with van der Waals surface area (Å²) in [6, 6.07) is 19.7. The zero-order chi connectivity index (χ0) is 23.9. The molecule has 0 aliphatic carbocycles. The molecule has 0 spiro atoms. The smallest absolute Gasteiger partial charge is 0.260 e. The first kappa shape index (κ1) is 22.8. The number of aromatic nitrogens is 2. The fourth-order valence-corrected chi connectivity index (χ4v) is 3.35. The summed E-state index contributed by atoms with van der Waals surface area (Å²) >= 11 is 0. The predicted molar refractivity (Wildman–Crippen MR) is 128 cm³/mol. The van der Waals surface area contributed by atoms with Crippen LogP contribution in [0, 0.1) is 0 Å². The molecule has 1 amide bonds. The summed E-state index contributed by atoms with van der Waals surface area (Å²) in [7, 11) is 3.14. The normalized spacial score (nSPS) is 10.6. The molecule has 0 aliphatic heterocycles. The van der Waals surface area contributed by atoms with Crippen LogP contribution in [0.4, 0.5) is 5.69 Å². The topological polar surface area (TPSA) is 95.7 Å². The molecule has 0 unspecified atom stereocenters. The van der Waals surface area contributed by atoms with Gasteiger partial charge in [-0.1, -0.05) is 30.3 Å². The van der Waals surface area contributed by atoms with E-state index in [4.69, 9.17) is 18.7 Å². The summed E-state index contributed by atoms with van der Waals surface area (Å²) in [6.07, 6.45) is 0.888. The predicted octanol–water partition coefficient (Wildman–Crippen LogP) is 5.46. The van der Waals surface area contributed by atoms with Gasteiger partial charge >= 0.3 is 0 Å². The Kier molecular flexibility index (Phi) is 7.07. The Morgan fingerprint density at radius 3 is 2.59 bits per heavy atom. The second-order valence-electron chi connectivity index (χ2n) is 7.37.